The number of hydrogen-bond donors (Lipinski definition) is 3. The van der Waals surface area contributed by atoms with Crippen molar-refractivity contribution in [3.05, 3.63) is 29.8 Å². The average molecular weight is 328 g/mol. The van der Waals surface area contributed by atoms with E-state index in [2.05, 4.69) is 0 Å². The number of carbonyl (C=O) groups is 1. The van der Waals surface area contributed by atoms with Gasteiger partial charge >= 0.3 is 12.2 Å². The van der Waals surface area contributed by atoms with Crippen LogP contribution in [-0.2, 0) is 0 Å². The molecule has 1 aromatic carbocycles. The van der Waals surface area contributed by atoms with E-state index in [4.69, 9.17) is 4.74 Å². The molecular formula is C12H13F5N2O3. The Hall–Kier alpha value is -2.10. The Kier molecular flexibility index (Phi) is 6.35. The standard InChI is InChI=1S/C12H13F5N2O3/c13-9-2-1-8(3-10(9)14)22-5-7(20)4-18-11(21)19-6-12(15,16)17/h1-3,7,20H,4-6H2,(H2,18,19,21). The number of halogens is 5. The summed E-state index contributed by atoms with van der Waals surface area (Å²) in [5.41, 5.74) is 0. The van der Waals surface area contributed by atoms with Crippen molar-refractivity contribution in [3.8, 4) is 5.75 Å². The highest BCUT2D eigenvalue weighted by molar-refractivity contribution is 5.73. The first kappa shape index (κ1) is 18.0. The molecule has 0 aliphatic rings. The molecule has 1 rings (SSSR count). The maximum atomic E-state index is 12.9. The number of ether oxygens (including phenoxy) is 1. The Bertz CT molecular complexity index is 510. The highest BCUT2D eigenvalue weighted by atomic mass is 19.4. The van der Waals surface area contributed by atoms with Crippen LogP contribution in [0.5, 0.6) is 5.75 Å². The van der Waals surface area contributed by atoms with E-state index in [0.717, 1.165) is 18.2 Å². The van der Waals surface area contributed by atoms with Gasteiger partial charge in [-0.2, -0.15) is 13.2 Å². The van der Waals surface area contributed by atoms with Gasteiger partial charge in [0.05, 0.1) is 0 Å². The Labute approximate surface area is 122 Å². The Morgan fingerprint density at radius 3 is 2.50 bits per heavy atom. The van der Waals surface area contributed by atoms with E-state index in [9.17, 15) is 31.9 Å². The maximum Gasteiger partial charge on any atom is 0.405 e. The van der Waals surface area contributed by atoms with Gasteiger partial charge in [0.2, 0.25) is 0 Å². The van der Waals surface area contributed by atoms with E-state index in [1.807, 2.05) is 5.32 Å². The molecule has 124 valence electrons. The number of rotatable bonds is 6. The quantitative estimate of drug-likeness (QED) is 0.694. The molecule has 0 heterocycles. The molecule has 1 atom stereocenters. The normalized spacial score (nSPS) is 12.6. The second-order valence-corrected chi connectivity index (χ2v) is 4.22. The molecule has 2 amide bonds. The van der Waals surface area contributed by atoms with Crippen LogP contribution in [0.1, 0.15) is 0 Å². The number of hydrogen-bond acceptors (Lipinski definition) is 3. The summed E-state index contributed by atoms with van der Waals surface area (Å²) in [6.07, 6.45) is -5.78. The number of urea groups is 1. The molecule has 0 aliphatic heterocycles. The van der Waals surface area contributed by atoms with Crippen molar-refractivity contribution in [2.24, 2.45) is 0 Å². The molecule has 10 heteroatoms. The van der Waals surface area contributed by atoms with Gasteiger partial charge in [0.15, 0.2) is 11.6 Å². The maximum absolute atomic E-state index is 12.9. The Balaban J connectivity index is 2.27. The third kappa shape index (κ3) is 7.07. The molecular weight excluding hydrogens is 315 g/mol. The number of aliphatic hydroxyl groups excluding tert-OH is 1. The van der Waals surface area contributed by atoms with Crippen molar-refractivity contribution in [2.75, 3.05) is 19.7 Å². The second kappa shape index (κ2) is 7.78. The van der Waals surface area contributed by atoms with Gasteiger partial charge in [0, 0.05) is 12.6 Å². The van der Waals surface area contributed by atoms with Gasteiger partial charge in [0.25, 0.3) is 0 Å². The number of carbonyl (C=O) groups excluding carboxylic acids is 1. The minimum absolute atomic E-state index is 0.0422. The van der Waals surface area contributed by atoms with Crippen molar-refractivity contribution < 1.29 is 36.6 Å². The van der Waals surface area contributed by atoms with Crippen LogP contribution in [0.2, 0.25) is 0 Å². The zero-order valence-corrected chi connectivity index (χ0v) is 11.1. The number of alkyl halides is 3. The molecule has 0 saturated carbocycles. The van der Waals surface area contributed by atoms with E-state index < -0.39 is 36.5 Å². The Morgan fingerprint density at radius 1 is 1.23 bits per heavy atom. The lowest BCUT2D eigenvalue weighted by molar-refractivity contribution is -0.122. The second-order valence-electron chi connectivity index (χ2n) is 4.22. The van der Waals surface area contributed by atoms with Crippen LogP contribution < -0.4 is 15.4 Å². The number of aliphatic hydroxyl groups is 1. The Morgan fingerprint density at radius 2 is 1.91 bits per heavy atom. The number of nitrogens with one attached hydrogen (secondary N) is 2. The van der Waals surface area contributed by atoms with Crippen LogP contribution in [0, 0.1) is 11.6 Å². The summed E-state index contributed by atoms with van der Waals surface area (Å²) in [6, 6.07) is 1.63. The summed E-state index contributed by atoms with van der Waals surface area (Å²) >= 11 is 0. The van der Waals surface area contributed by atoms with Gasteiger partial charge in [-0.1, -0.05) is 0 Å². The first-order valence-electron chi connectivity index (χ1n) is 6.02. The minimum atomic E-state index is -4.54. The van der Waals surface area contributed by atoms with Crippen molar-refractivity contribution in [3.63, 3.8) is 0 Å². The minimum Gasteiger partial charge on any atom is -0.491 e. The molecule has 5 nitrogen and oxygen atoms in total. The van der Waals surface area contributed by atoms with Gasteiger partial charge in [-0.25, -0.2) is 13.6 Å². The third-order valence-corrected chi connectivity index (χ3v) is 2.28. The average Bonchev–Trinajstić information content (AvgIpc) is 2.43. The zero-order chi connectivity index (χ0) is 16.8. The van der Waals surface area contributed by atoms with Gasteiger partial charge in [-0.15, -0.1) is 0 Å². The summed E-state index contributed by atoms with van der Waals surface area (Å²) in [5.74, 6) is -2.23. The molecule has 0 saturated heterocycles. The SMILES string of the molecule is O=C(NCC(O)COc1ccc(F)c(F)c1)NCC(F)(F)F. The fourth-order valence-corrected chi connectivity index (χ4v) is 1.27. The van der Waals surface area contributed by atoms with E-state index in [1.54, 1.807) is 5.32 Å². The predicted octanol–water partition coefficient (Wildman–Crippen LogP) is 1.57. The first-order chi connectivity index (χ1) is 10.2. The molecule has 0 radical (unpaired) electrons. The van der Waals surface area contributed by atoms with Crippen LogP contribution in [0.15, 0.2) is 18.2 Å². The van der Waals surface area contributed by atoms with Crippen LogP contribution in [0.3, 0.4) is 0 Å². The van der Waals surface area contributed by atoms with E-state index in [1.165, 1.54) is 0 Å². The van der Waals surface area contributed by atoms with E-state index in [0.29, 0.717) is 0 Å². The monoisotopic (exact) mass is 328 g/mol. The highest BCUT2D eigenvalue weighted by Gasteiger charge is 2.27. The zero-order valence-electron chi connectivity index (χ0n) is 11.1. The fourth-order valence-electron chi connectivity index (χ4n) is 1.27. The van der Waals surface area contributed by atoms with Gasteiger partial charge in [-0.05, 0) is 12.1 Å². The predicted molar refractivity (Wildman–Crippen MR) is 65.3 cm³/mol. The summed E-state index contributed by atoms with van der Waals surface area (Å²) < 4.78 is 65.9. The molecule has 1 unspecified atom stereocenters. The summed E-state index contributed by atoms with van der Waals surface area (Å²) in [4.78, 5) is 11.0. The van der Waals surface area contributed by atoms with Crippen LogP contribution in [0.4, 0.5) is 26.7 Å². The largest absolute Gasteiger partial charge is 0.491 e. The summed E-state index contributed by atoms with van der Waals surface area (Å²) in [6.45, 7) is -2.25. The van der Waals surface area contributed by atoms with E-state index >= 15 is 0 Å². The topological polar surface area (TPSA) is 70.6 Å². The summed E-state index contributed by atoms with van der Waals surface area (Å²) in [7, 11) is 0. The van der Waals surface area contributed by atoms with Crippen molar-refractivity contribution in [2.45, 2.75) is 12.3 Å². The lowest BCUT2D eigenvalue weighted by atomic mass is 10.3. The molecule has 22 heavy (non-hydrogen) atoms. The van der Waals surface area contributed by atoms with Gasteiger partial charge in [0.1, 0.15) is 25.0 Å². The third-order valence-electron chi connectivity index (χ3n) is 2.28. The van der Waals surface area contributed by atoms with Crippen molar-refractivity contribution in [1.29, 1.82) is 0 Å². The molecule has 3 N–H and O–H groups in total. The number of amides is 2. The van der Waals surface area contributed by atoms with Crippen LogP contribution in [-0.4, -0.2) is 43.1 Å². The fraction of sp³-hybridized carbons (Fsp3) is 0.417. The lowest BCUT2D eigenvalue weighted by Crippen LogP contribution is -2.44. The lowest BCUT2D eigenvalue weighted by Gasteiger charge is -2.14. The molecule has 0 spiro atoms. The molecule has 0 fully saturated rings. The molecule has 0 bridgehead atoms. The van der Waals surface area contributed by atoms with Crippen molar-refractivity contribution >= 4 is 6.03 Å². The van der Waals surface area contributed by atoms with Crippen molar-refractivity contribution in [1.82, 2.24) is 10.6 Å². The highest BCUT2D eigenvalue weighted by Crippen LogP contribution is 2.15. The van der Waals surface area contributed by atoms with Crippen LogP contribution in [0.25, 0.3) is 0 Å². The first-order valence-corrected chi connectivity index (χ1v) is 6.02. The molecule has 0 aliphatic carbocycles. The van der Waals surface area contributed by atoms with E-state index in [-0.39, 0.29) is 18.9 Å². The molecule has 1 aromatic rings. The van der Waals surface area contributed by atoms with Gasteiger partial charge in [-0.3, -0.25) is 0 Å². The smallest absolute Gasteiger partial charge is 0.405 e. The van der Waals surface area contributed by atoms with Gasteiger partial charge < -0.3 is 20.5 Å². The number of benzene rings is 1. The summed E-state index contributed by atoms with van der Waals surface area (Å²) in [5, 5.41) is 13.0. The van der Waals surface area contributed by atoms with Crippen LogP contribution >= 0.6 is 0 Å². The molecule has 0 aromatic heterocycles.